The first-order valence-corrected chi connectivity index (χ1v) is 13.5. The molecule has 4 N–H and O–H groups in total. The van der Waals surface area contributed by atoms with Crippen LogP contribution in [0.1, 0.15) is 17.1 Å². The molecule has 1 aliphatic heterocycles. The molecule has 0 radical (unpaired) electrons. The third kappa shape index (κ3) is 4.44. The zero-order valence-corrected chi connectivity index (χ0v) is 21.0. The summed E-state index contributed by atoms with van der Waals surface area (Å²) >= 11 is 0. The Morgan fingerprint density at radius 3 is 2.78 bits per heavy atom. The summed E-state index contributed by atoms with van der Waals surface area (Å²) in [6.45, 7) is 3.28. The molecule has 6 heterocycles. The van der Waals surface area contributed by atoms with Crippen LogP contribution in [-0.2, 0) is 29.5 Å². The van der Waals surface area contributed by atoms with Gasteiger partial charge in [-0.05, 0) is 30.0 Å². The molecule has 5 aromatic heterocycles. The molecule has 13 heteroatoms. The van der Waals surface area contributed by atoms with Crippen molar-refractivity contribution in [2.24, 2.45) is 0 Å². The largest absolute Gasteiger partial charge is 0.383 e. The average Bonchev–Trinajstić information content (AvgIpc) is 3.41. The third-order valence-electron chi connectivity index (χ3n) is 6.35. The van der Waals surface area contributed by atoms with Gasteiger partial charge in [-0.2, -0.15) is 5.10 Å². The number of anilines is 4. The van der Waals surface area contributed by atoms with E-state index in [0.29, 0.717) is 51.9 Å². The van der Waals surface area contributed by atoms with E-state index in [-0.39, 0.29) is 0 Å². The van der Waals surface area contributed by atoms with E-state index in [1.165, 1.54) is 6.20 Å². The minimum atomic E-state index is -3.46. The van der Waals surface area contributed by atoms with Gasteiger partial charge in [0.05, 0.1) is 30.4 Å². The zero-order valence-electron chi connectivity index (χ0n) is 20.2. The Morgan fingerprint density at radius 2 is 1.95 bits per heavy atom. The van der Waals surface area contributed by atoms with E-state index in [2.05, 4.69) is 34.5 Å². The number of hydrogen-bond acceptors (Lipinski definition) is 9. The van der Waals surface area contributed by atoms with Crippen LogP contribution in [0.15, 0.2) is 49.2 Å². The van der Waals surface area contributed by atoms with Crippen LogP contribution in [0.3, 0.4) is 0 Å². The molecule has 0 unspecified atom stereocenters. The highest BCUT2D eigenvalue weighted by Gasteiger charge is 2.17. The van der Waals surface area contributed by atoms with Gasteiger partial charge >= 0.3 is 0 Å². The van der Waals surface area contributed by atoms with Gasteiger partial charge in [0.25, 0.3) is 0 Å². The van der Waals surface area contributed by atoms with E-state index in [0.717, 1.165) is 36.1 Å². The molecule has 0 aliphatic carbocycles. The van der Waals surface area contributed by atoms with Gasteiger partial charge in [-0.1, -0.05) is 0 Å². The summed E-state index contributed by atoms with van der Waals surface area (Å²) in [5, 5.41) is 9.53. The fourth-order valence-electron chi connectivity index (χ4n) is 4.52. The maximum absolute atomic E-state index is 11.7. The minimum absolute atomic E-state index is 0.316. The van der Waals surface area contributed by atoms with Crippen LogP contribution >= 0.6 is 0 Å². The number of nitrogens with zero attached hydrogens (tertiary/aromatic N) is 7. The predicted octanol–water partition coefficient (Wildman–Crippen LogP) is 2.69. The maximum atomic E-state index is 11.7. The Labute approximate surface area is 212 Å². The summed E-state index contributed by atoms with van der Waals surface area (Å²) in [4.78, 5) is 17.6. The molecule has 0 amide bonds. The van der Waals surface area contributed by atoms with Crippen LogP contribution in [0, 0.1) is 6.92 Å². The second-order valence-electron chi connectivity index (χ2n) is 9.01. The molecular formula is C24H24N10O2S. The van der Waals surface area contributed by atoms with Crippen molar-refractivity contribution in [3.63, 3.8) is 0 Å². The number of rotatable bonds is 5. The number of aryl methyl sites for hydroxylation is 2. The molecule has 0 atom stereocenters. The normalized spacial score (nSPS) is 13.1. The Balaban J connectivity index is 1.33. The van der Waals surface area contributed by atoms with Crippen molar-refractivity contribution in [2.45, 2.75) is 26.4 Å². The summed E-state index contributed by atoms with van der Waals surface area (Å²) < 4.78 is 30.1. The minimum Gasteiger partial charge on any atom is -0.383 e. The van der Waals surface area contributed by atoms with Gasteiger partial charge in [0, 0.05) is 60.5 Å². The van der Waals surface area contributed by atoms with Crippen LogP contribution in [0.4, 0.5) is 23.1 Å². The average molecular weight is 517 g/mol. The SMILES string of the molecule is Cc1c(NS(C)(=O)=O)cncc1-c1cc2cc(Nc3cc4n(n3)Cc3nccn3CC4)ncc2c(N)n1. The molecule has 0 saturated carbocycles. The molecule has 0 saturated heterocycles. The van der Waals surface area contributed by atoms with Gasteiger partial charge in [-0.15, -0.1) is 0 Å². The van der Waals surface area contributed by atoms with Crippen molar-refractivity contribution >= 4 is 43.9 Å². The van der Waals surface area contributed by atoms with Crippen LogP contribution in [0.5, 0.6) is 0 Å². The van der Waals surface area contributed by atoms with Gasteiger partial charge < -0.3 is 15.6 Å². The molecule has 0 bridgehead atoms. The number of pyridine rings is 3. The lowest BCUT2D eigenvalue weighted by Crippen LogP contribution is -2.11. The quantitative estimate of drug-likeness (QED) is 0.319. The molecule has 0 spiro atoms. The van der Waals surface area contributed by atoms with Crippen LogP contribution < -0.4 is 15.8 Å². The Bertz CT molecular complexity index is 1770. The molecule has 5 aromatic rings. The molecule has 6 rings (SSSR count). The van der Waals surface area contributed by atoms with E-state index >= 15 is 0 Å². The molecule has 0 fully saturated rings. The van der Waals surface area contributed by atoms with Gasteiger partial charge in [0.2, 0.25) is 10.0 Å². The van der Waals surface area contributed by atoms with Crippen LogP contribution in [0.2, 0.25) is 0 Å². The highest BCUT2D eigenvalue weighted by Crippen LogP contribution is 2.32. The maximum Gasteiger partial charge on any atom is 0.229 e. The highest BCUT2D eigenvalue weighted by molar-refractivity contribution is 7.92. The van der Waals surface area contributed by atoms with Crippen LogP contribution in [-0.4, -0.2) is 49.0 Å². The Kier molecular flexibility index (Phi) is 5.30. The summed E-state index contributed by atoms with van der Waals surface area (Å²) in [5.41, 5.74) is 9.72. The zero-order chi connectivity index (χ0) is 25.7. The summed E-state index contributed by atoms with van der Waals surface area (Å²) in [6.07, 6.45) is 10.5. The van der Waals surface area contributed by atoms with Gasteiger partial charge in [0.15, 0.2) is 5.82 Å². The summed E-state index contributed by atoms with van der Waals surface area (Å²) in [7, 11) is -3.46. The summed E-state index contributed by atoms with van der Waals surface area (Å²) in [6, 6.07) is 5.80. The van der Waals surface area contributed by atoms with Crippen LogP contribution in [0.25, 0.3) is 22.0 Å². The van der Waals surface area contributed by atoms with Crippen molar-refractivity contribution in [2.75, 3.05) is 22.0 Å². The molecule has 37 heavy (non-hydrogen) atoms. The monoisotopic (exact) mass is 516 g/mol. The molecule has 12 nitrogen and oxygen atoms in total. The van der Waals surface area contributed by atoms with Gasteiger partial charge in [-0.25, -0.2) is 23.4 Å². The van der Waals surface area contributed by atoms with Gasteiger partial charge in [0.1, 0.15) is 17.5 Å². The van der Waals surface area contributed by atoms with Crippen molar-refractivity contribution in [3.8, 4) is 11.3 Å². The number of nitrogens with one attached hydrogen (secondary N) is 2. The standard InChI is InChI=1S/C24H24N10O2S/c1-14-17(10-26-12-20(14)32-37(2,35)36)19-7-15-8-21(28-11-18(15)24(25)29-19)30-22-9-16-3-5-33-6-4-27-23(33)13-34(16)31-22/h4,6-12,32H,3,5,13H2,1-2H3,(H2,25,29)(H,28,30,31). The Hall–Kier alpha value is -4.52. The number of nitrogen functional groups attached to an aromatic ring is 1. The molecule has 188 valence electrons. The lowest BCUT2D eigenvalue weighted by molar-refractivity contribution is 0.606. The van der Waals surface area contributed by atoms with Crippen molar-refractivity contribution in [1.82, 2.24) is 34.3 Å². The fourth-order valence-corrected chi connectivity index (χ4v) is 5.12. The number of hydrogen-bond donors (Lipinski definition) is 3. The first-order valence-electron chi connectivity index (χ1n) is 11.6. The Morgan fingerprint density at radius 1 is 1.08 bits per heavy atom. The van der Waals surface area contributed by atoms with E-state index in [1.54, 1.807) is 19.3 Å². The molecule has 0 aromatic carbocycles. The van der Waals surface area contributed by atoms with Crippen molar-refractivity contribution in [3.05, 3.63) is 66.3 Å². The number of aromatic nitrogens is 7. The smallest absolute Gasteiger partial charge is 0.229 e. The van der Waals surface area contributed by atoms with Crippen molar-refractivity contribution in [1.29, 1.82) is 0 Å². The fraction of sp³-hybridized carbons (Fsp3) is 0.208. The lowest BCUT2D eigenvalue weighted by Gasteiger charge is -2.13. The lowest BCUT2D eigenvalue weighted by atomic mass is 10.0. The van der Waals surface area contributed by atoms with Crippen molar-refractivity contribution < 1.29 is 8.42 Å². The first kappa shape index (κ1) is 22.9. The van der Waals surface area contributed by atoms with E-state index in [9.17, 15) is 8.42 Å². The second kappa shape index (κ2) is 8.55. The number of imidazole rings is 1. The number of fused-ring (bicyclic) bond motifs is 3. The number of nitrogens with two attached hydrogens (primary N) is 1. The van der Waals surface area contributed by atoms with E-state index in [4.69, 9.17) is 10.8 Å². The molecular weight excluding hydrogens is 492 g/mol. The molecule has 1 aliphatic rings. The topological polar surface area (TPSA) is 159 Å². The first-order chi connectivity index (χ1) is 17.7. The van der Waals surface area contributed by atoms with E-state index < -0.39 is 10.0 Å². The third-order valence-corrected chi connectivity index (χ3v) is 6.94. The predicted molar refractivity (Wildman–Crippen MR) is 141 cm³/mol. The van der Waals surface area contributed by atoms with Gasteiger partial charge in [-0.3, -0.25) is 14.4 Å². The second-order valence-corrected chi connectivity index (χ2v) is 10.8. The highest BCUT2D eigenvalue weighted by atomic mass is 32.2. The number of sulfonamides is 1. The summed E-state index contributed by atoms with van der Waals surface area (Å²) in [5.74, 6) is 2.61. The van der Waals surface area contributed by atoms with E-state index in [1.807, 2.05) is 35.3 Å².